The van der Waals surface area contributed by atoms with Gasteiger partial charge in [0.25, 0.3) is 0 Å². The van der Waals surface area contributed by atoms with Crippen molar-refractivity contribution in [1.29, 1.82) is 0 Å². The lowest BCUT2D eigenvalue weighted by Crippen LogP contribution is -2.57. The molecule has 1 aliphatic heterocycles. The lowest BCUT2D eigenvalue weighted by atomic mass is 10.00. The number of aliphatic hydroxyl groups is 1. The molecule has 2 rings (SSSR count). The largest absolute Gasteiger partial charge is 0.445 e. The highest BCUT2D eigenvalue weighted by atomic mass is 35.5. The molecule has 0 aromatic carbocycles. The van der Waals surface area contributed by atoms with Gasteiger partial charge in [-0.05, 0) is 43.0 Å². The first kappa shape index (κ1) is 26.4. The number of halogens is 2. The Hall–Kier alpha value is -1.61. The van der Waals surface area contributed by atoms with Crippen molar-refractivity contribution >= 4 is 36.8 Å². The number of rotatable bonds is 7. The standard InChI is InChI=1S/C18H28N4O4.2ClH/c1-12(2)9-15(17(24)21-14-5-8-20-10-16(14)23)22-18(25)26-11-13-3-6-19-7-4-13;;/h3-4,6-7,12,14-16,20,23H,5,8-11H2,1-2H3,(H,21,24)(H,22,25);2*1H/t14?,15-,16?;;/m0../s1. The lowest BCUT2D eigenvalue weighted by Gasteiger charge is -2.31. The maximum Gasteiger partial charge on any atom is 0.408 e. The highest BCUT2D eigenvalue weighted by Crippen LogP contribution is 2.09. The summed E-state index contributed by atoms with van der Waals surface area (Å²) < 4.78 is 5.18. The summed E-state index contributed by atoms with van der Waals surface area (Å²) in [6.07, 6.45) is 3.09. The van der Waals surface area contributed by atoms with Gasteiger partial charge in [0.15, 0.2) is 0 Å². The molecule has 1 aromatic heterocycles. The molecule has 2 heterocycles. The highest BCUT2D eigenvalue weighted by molar-refractivity contribution is 5.86. The summed E-state index contributed by atoms with van der Waals surface area (Å²) in [6.45, 7) is 5.24. The van der Waals surface area contributed by atoms with Crippen molar-refractivity contribution in [2.24, 2.45) is 5.92 Å². The minimum Gasteiger partial charge on any atom is -0.445 e. The predicted octanol–water partition coefficient (Wildman–Crippen LogP) is 1.41. The fraction of sp³-hybridized carbons (Fsp3) is 0.611. The molecule has 3 atom stereocenters. The number of nitrogens with zero attached hydrogens (tertiary/aromatic N) is 1. The smallest absolute Gasteiger partial charge is 0.408 e. The Morgan fingerprint density at radius 2 is 2.00 bits per heavy atom. The number of aromatic nitrogens is 1. The van der Waals surface area contributed by atoms with Crippen LogP contribution < -0.4 is 16.0 Å². The second-order valence-corrected chi connectivity index (χ2v) is 6.93. The third-order valence-electron chi connectivity index (χ3n) is 4.21. The molecule has 1 aliphatic rings. The monoisotopic (exact) mass is 436 g/mol. The van der Waals surface area contributed by atoms with Gasteiger partial charge in [-0.25, -0.2) is 4.79 Å². The number of amides is 2. The number of ether oxygens (including phenoxy) is 1. The van der Waals surface area contributed by atoms with E-state index in [0.717, 1.165) is 12.1 Å². The Morgan fingerprint density at radius 3 is 2.61 bits per heavy atom. The quantitative estimate of drug-likeness (QED) is 0.513. The van der Waals surface area contributed by atoms with E-state index in [1.54, 1.807) is 24.5 Å². The van der Waals surface area contributed by atoms with Gasteiger partial charge < -0.3 is 25.8 Å². The number of hydrogen-bond acceptors (Lipinski definition) is 6. The molecule has 0 spiro atoms. The molecule has 10 heteroatoms. The van der Waals surface area contributed by atoms with Gasteiger partial charge in [0.05, 0.1) is 12.1 Å². The van der Waals surface area contributed by atoms with Crippen molar-refractivity contribution in [2.45, 2.75) is 51.5 Å². The van der Waals surface area contributed by atoms with E-state index in [0.29, 0.717) is 19.4 Å². The van der Waals surface area contributed by atoms with Crippen LogP contribution in [0.4, 0.5) is 4.79 Å². The Bertz CT molecular complexity index is 592. The van der Waals surface area contributed by atoms with E-state index in [2.05, 4.69) is 20.9 Å². The maximum atomic E-state index is 12.6. The van der Waals surface area contributed by atoms with Gasteiger partial charge in [-0.15, -0.1) is 24.8 Å². The van der Waals surface area contributed by atoms with Crippen LogP contribution in [0.25, 0.3) is 0 Å². The molecule has 0 saturated carbocycles. The first-order valence-corrected chi connectivity index (χ1v) is 8.97. The van der Waals surface area contributed by atoms with Crippen LogP contribution >= 0.6 is 24.8 Å². The van der Waals surface area contributed by atoms with Gasteiger partial charge in [0, 0.05) is 18.9 Å². The van der Waals surface area contributed by atoms with E-state index in [9.17, 15) is 14.7 Å². The van der Waals surface area contributed by atoms with E-state index < -0.39 is 18.2 Å². The van der Waals surface area contributed by atoms with Crippen molar-refractivity contribution in [3.8, 4) is 0 Å². The van der Waals surface area contributed by atoms with Gasteiger partial charge in [0.2, 0.25) is 5.91 Å². The summed E-state index contributed by atoms with van der Waals surface area (Å²) in [5.41, 5.74) is 0.817. The molecule has 1 fully saturated rings. The van der Waals surface area contributed by atoms with Crippen molar-refractivity contribution < 1.29 is 19.4 Å². The van der Waals surface area contributed by atoms with Crippen LogP contribution in [0.5, 0.6) is 0 Å². The van der Waals surface area contributed by atoms with E-state index in [-0.39, 0.29) is 49.3 Å². The highest BCUT2D eigenvalue weighted by Gasteiger charge is 2.29. The van der Waals surface area contributed by atoms with E-state index >= 15 is 0 Å². The molecule has 4 N–H and O–H groups in total. The normalized spacial score (nSPS) is 19.6. The summed E-state index contributed by atoms with van der Waals surface area (Å²) in [4.78, 5) is 28.6. The minimum atomic E-state index is -0.706. The molecule has 1 saturated heterocycles. The molecule has 1 aromatic rings. The summed E-state index contributed by atoms with van der Waals surface area (Å²) in [6, 6.07) is 2.49. The summed E-state index contributed by atoms with van der Waals surface area (Å²) >= 11 is 0. The molecule has 0 radical (unpaired) electrons. The zero-order valence-electron chi connectivity index (χ0n) is 16.1. The Kier molecular flexibility index (Phi) is 12.8. The fourth-order valence-corrected chi connectivity index (χ4v) is 2.81. The van der Waals surface area contributed by atoms with E-state index in [1.165, 1.54) is 0 Å². The second kappa shape index (κ2) is 13.5. The number of piperidine rings is 1. The van der Waals surface area contributed by atoms with Crippen molar-refractivity contribution in [2.75, 3.05) is 13.1 Å². The number of alkyl carbamates (subject to hydrolysis) is 1. The van der Waals surface area contributed by atoms with Crippen molar-refractivity contribution in [3.63, 3.8) is 0 Å². The van der Waals surface area contributed by atoms with Crippen LogP contribution in [0.3, 0.4) is 0 Å². The van der Waals surface area contributed by atoms with Gasteiger partial charge in [-0.1, -0.05) is 13.8 Å². The maximum absolute atomic E-state index is 12.6. The number of hydrogen-bond donors (Lipinski definition) is 4. The molecule has 2 unspecified atom stereocenters. The van der Waals surface area contributed by atoms with Gasteiger partial charge in [-0.3, -0.25) is 9.78 Å². The van der Waals surface area contributed by atoms with Crippen molar-refractivity contribution in [1.82, 2.24) is 20.9 Å². The van der Waals surface area contributed by atoms with E-state index in [4.69, 9.17) is 4.74 Å². The lowest BCUT2D eigenvalue weighted by molar-refractivity contribution is -0.125. The third kappa shape index (κ3) is 9.05. The topological polar surface area (TPSA) is 113 Å². The predicted molar refractivity (Wildman–Crippen MR) is 111 cm³/mol. The molecule has 8 nitrogen and oxygen atoms in total. The first-order valence-electron chi connectivity index (χ1n) is 8.97. The number of carbonyl (C=O) groups excluding carboxylic acids is 2. The first-order chi connectivity index (χ1) is 12.5. The molecule has 2 amide bonds. The van der Waals surface area contributed by atoms with Crippen LogP contribution in [0.1, 0.15) is 32.3 Å². The Morgan fingerprint density at radius 1 is 1.32 bits per heavy atom. The zero-order valence-corrected chi connectivity index (χ0v) is 17.7. The van der Waals surface area contributed by atoms with Crippen LogP contribution in [0, 0.1) is 5.92 Å². The van der Waals surface area contributed by atoms with Crippen molar-refractivity contribution in [3.05, 3.63) is 30.1 Å². The number of aliphatic hydroxyl groups excluding tert-OH is 1. The summed E-state index contributed by atoms with van der Waals surface area (Å²) in [5, 5.41) is 18.5. The number of pyridine rings is 1. The number of carbonyl (C=O) groups is 2. The van der Waals surface area contributed by atoms with Crippen LogP contribution in [-0.2, 0) is 16.1 Å². The van der Waals surface area contributed by atoms with Gasteiger partial charge in [-0.2, -0.15) is 0 Å². The third-order valence-corrected chi connectivity index (χ3v) is 4.21. The van der Waals surface area contributed by atoms with E-state index in [1.807, 2.05) is 13.8 Å². The van der Waals surface area contributed by atoms with Crippen LogP contribution in [-0.4, -0.2) is 53.4 Å². The second-order valence-electron chi connectivity index (χ2n) is 6.93. The zero-order chi connectivity index (χ0) is 18.9. The summed E-state index contributed by atoms with van der Waals surface area (Å²) in [7, 11) is 0. The van der Waals surface area contributed by atoms with Crippen LogP contribution in [0.15, 0.2) is 24.5 Å². The van der Waals surface area contributed by atoms with Crippen LogP contribution in [0.2, 0.25) is 0 Å². The summed E-state index contributed by atoms with van der Waals surface area (Å²) in [5.74, 6) is -0.0882. The molecule has 0 bridgehead atoms. The SMILES string of the molecule is CC(C)C[C@H](NC(=O)OCc1ccncc1)C(=O)NC1CCNCC1O.Cl.Cl. The molecular weight excluding hydrogens is 407 g/mol. The van der Waals surface area contributed by atoms with Gasteiger partial charge >= 0.3 is 6.09 Å². The minimum absolute atomic E-state index is 0. The molecule has 0 aliphatic carbocycles. The average Bonchev–Trinajstić information content (AvgIpc) is 2.62. The Labute approximate surface area is 178 Å². The molecule has 28 heavy (non-hydrogen) atoms. The number of nitrogens with one attached hydrogen (secondary N) is 3. The average molecular weight is 437 g/mol. The fourth-order valence-electron chi connectivity index (χ4n) is 2.81. The molecule has 160 valence electrons. The number of β-amino-alcohol motifs (C(OH)–C–C–N with tert-alkyl or cyclic N) is 1. The van der Waals surface area contributed by atoms with Gasteiger partial charge in [0.1, 0.15) is 12.6 Å². The molecular formula is C18H30Cl2N4O4. The Balaban J connectivity index is 0.00000364.